The fourth-order valence-electron chi connectivity index (χ4n) is 2.83. The molecule has 1 N–H and O–H groups in total. The molecule has 1 unspecified atom stereocenters. The lowest BCUT2D eigenvalue weighted by atomic mass is 10.1. The van der Waals surface area contributed by atoms with Crippen LogP contribution in [0, 0.1) is 0 Å². The van der Waals surface area contributed by atoms with Gasteiger partial charge in [-0.15, -0.1) is 0 Å². The van der Waals surface area contributed by atoms with E-state index in [4.69, 9.17) is 16.7 Å². The van der Waals surface area contributed by atoms with E-state index < -0.39 is 0 Å². The topological polar surface area (TPSA) is 68.5 Å². The monoisotopic (exact) mass is 326 g/mol. The SMILES string of the molecule is Clc1nccc(-c2cn(C3CCNC3)nc2-c2cccnc2)n1. The smallest absolute Gasteiger partial charge is 0.222 e. The minimum absolute atomic E-state index is 0.231. The normalized spacial score (nSPS) is 17.5. The van der Waals surface area contributed by atoms with Gasteiger partial charge in [-0.05, 0) is 42.8 Å². The number of halogens is 1. The summed E-state index contributed by atoms with van der Waals surface area (Å²) in [5, 5.41) is 8.40. The van der Waals surface area contributed by atoms with Crippen LogP contribution in [0.5, 0.6) is 0 Å². The van der Waals surface area contributed by atoms with Gasteiger partial charge >= 0.3 is 0 Å². The highest BCUT2D eigenvalue weighted by molar-refractivity contribution is 6.28. The molecule has 3 aromatic heterocycles. The predicted octanol–water partition coefficient (Wildman–Crippen LogP) is 2.59. The summed E-state index contributed by atoms with van der Waals surface area (Å²) in [6.07, 6.45) is 8.33. The Kier molecular flexibility index (Phi) is 3.77. The number of nitrogens with zero attached hydrogens (tertiary/aromatic N) is 5. The summed E-state index contributed by atoms with van der Waals surface area (Å²) < 4.78 is 2.02. The molecule has 0 spiro atoms. The van der Waals surface area contributed by atoms with Gasteiger partial charge in [0.2, 0.25) is 5.28 Å². The van der Waals surface area contributed by atoms with E-state index in [0.717, 1.165) is 42.0 Å². The van der Waals surface area contributed by atoms with Crippen molar-refractivity contribution in [1.29, 1.82) is 0 Å². The quantitative estimate of drug-likeness (QED) is 0.749. The molecule has 1 saturated heterocycles. The molecule has 1 aliphatic heterocycles. The first-order chi connectivity index (χ1) is 11.3. The third-order valence-electron chi connectivity index (χ3n) is 3.98. The maximum atomic E-state index is 5.96. The Morgan fingerprint density at radius 3 is 2.96 bits per heavy atom. The Morgan fingerprint density at radius 1 is 1.26 bits per heavy atom. The van der Waals surface area contributed by atoms with Gasteiger partial charge in [-0.2, -0.15) is 5.10 Å². The van der Waals surface area contributed by atoms with Crippen molar-refractivity contribution in [3.05, 3.63) is 48.3 Å². The second-order valence-corrected chi connectivity index (χ2v) is 5.81. The Morgan fingerprint density at radius 2 is 2.22 bits per heavy atom. The summed E-state index contributed by atoms with van der Waals surface area (Å²) in [5.74, 6) is 0. The maximum absolute atomic E-state index is 5.96. The van der Waals surface area contributed by atoms with Crippen molar-refractivity contribution in [3.8, 4) is 22.5 Å². The van der Waals surface area contributed by atoms with Gasteiger partial charge in [0.1, 0.15) is 5.69 Å². The second kappa shape index (κ2) is 6.06. The molecule has 0 amide bonds. The third-order valence-corrected chi connectivity index (χ3v) is 4.16. The molecule has 3 aromatic rings. The molecular weight excluding hydrogens is 312 g/mol. The van der Waals surface area contributed by atoms with E-state index in [1.807, 2.05) is 35.3 Å². The lowest BCUT2D eigenvalue weighted by Gasteiger charge is -2.07. The first-order valence-corrected chi connectivity index (χ1v) is 7.88. The molecule has 1 atom stereocenters. The Labute approximate surface area is 138 Å². The standard InChI is InChI=1S/C16H15ClN6/c17-16-20-7-4-14(21-16)13-10-23(12-3-6-19-9-12)22-15(13)11-2-1-5-18-8-11/h1-2,4-5,7-8,10,12,19H,3,6,9H2. The first-order valence-electron chi connectivity index (χ1n) is 7.50. The zero-order valence-corrected chi connectivity index (χ0v) is 13.1. The number of nitrogens with one attached hydrogen (secondary N) is 1. The third kappa shape index (κ3) is 2.83. The van der Waals surface area contributed by atoms with E-state index in [1.165, 1.54) is 0 Å². The molecule has 0 saturated carbocycles. The van der Waals surface area contributed by atoms with Gasteiger partial charge < -0.3 is 5.32 Å². The highest BCUT2D eigenvalue weighted by atomic mass is 35.5. The van der Waals surface area contributed by atoms with Crippen molar-refractivity contribution in [1.82, 2.24) is 30.0 Å². The number of hydrogen-bond acceptors (Lipinski definition) is 5. The molecule has 0 radical (unpaired) electrons. The van der Waals surface area contributed by atoms with E-state index in [-0.39, 0.29) is 5.28 Å². The van der Waals surface area contributed by atoms with E-state index in [0.29, 0.717) is 6.04 Å². The molecule has 0 aromatic carbocycles. The lowest BCUT2D eigenvalue weighted by Crippen LogP contribution is -2.13. The minimum Gasteiger partial charge on any atom is -0.315 e. The lowest BCUT2D eigenvalue weighted by molar-refractivity contribution is 0.492. The summed E-state index contributed by atoms with van der Waals surface area (Å²) in [7, 11) is 0. The average Bonchev–Trinajstić information content (AvgIpc) is 3.25. The van der Waals surface area contributed by atoms with E-state index >= 15 is 0 Å². The molecule has 23 heavy (non-hydrogen) atoms. The molecular formula is C16H15ClN6. The van der Waals surface area contributed by atoms with Gasteiger partial charge in [0.05, 0.1) is 11.7 Å². The largest absolute Gasteiger partial charge is 0.315 e. The maximum Gasteiger partial charge on any atom is 0.222 e. The zero-order valence-electron chi connectivity index (χ0n) is 12.4. The predicted molar refractivity (Wildman–Crippen MR) is 88.0 cm³/mol. The molecule has 116 valence electrons. The van der Waals surface area contributed by atoms with Gasteiger partial charge in [-0.3, -0.25) is 9.67 Å². The molecule has 4 heterocycles. The van der Waals surface area contributed by atoms with Crippen molar-refractivity contribution < 1.29 is 0 Å². The van der Waals surface area contributed by atoms with Crippen molar-refractivity contribution in [3.63, 3.8) is 0 Å². The van der Waals surface area contributed by atoms with Crippen LogP contribution in [0.4, 0.5) is 0 Å². The van der Waals surface area contributed by atoms with Crippen LogP contribution in [0.3, 0.4) is 0 Å². The number of rotatable bonds is 3. The summed E-state index contributed by atoms with van der Waals surface area (Å²) in [4.78, 5) is 12.5. The van der Waals surface area contributed by atoms with Crippen LogP contribution in [0.1, 0.15) is 12.5 Å². The van der Waals surface area contributed by atoms with Gasteiger partial charge in [-0.1, -0.05) is 0 Å². The van der Waals surface area contributed by atoms with Crippen LogP contribution in [0.2, 0.25) is 5.28 Å². The van der Waals surface area contributed by atoms with E-state index in [9.17, 15) is 0 Å². The van der Waals surface area contributed by atoms with Gasteiger partial charge in [0.15, 0.2) is 0 Å². The van der Waals surface area contributed by atoms with Crippen molar-refractivity contribution >= 4 is 11.6 Å². The Balaban J connectivity index is 1.85. The van der Waals surface area contributed by atoms with Crippen LogP contribution in [0.25, 0.3) is 22.5 Å². The summed E-state index contributed by atoms with van der Waals surface area (Å²) in [5.41, 5.74) is 3.52. The van der Waals surface area contributed by atoms with Crippen molar-refractivity contribution in [2.45, 2.75) is 12.5 Å². The average molecular weight is 327 g/mol. The molecule has 0 aliphatic carbocycles. The second-order valence-electron chi connectivity index (χ2n) is 5.47. The van der Waals surface area contributed by atoms with E-state index in [2.05, 4.69) is 20.3 Å². The van der Waals surface area contributed by atoms with Crippen LogP contribution in [-0.4, -0.2) is 37.8 Å². The summed E-state index contributed by atoms with van der Waals surface area (Å²) in [6, 6.07) is 6.11. The Hall–Kier alpha value is -2.31. The minimum atomic E-state index is 0.231. The van der Waals surface area contributed by atoms with Crippen molar-refractivity contribution in [2.75, 3.05) is 13.1 Å². The van der Waals surface area contributed by atoms with Crippen LogP contribution >= 0.6 is 11.6 Å². The van der Waals surface area contributed by atoms with Crippen molar-refractivity contribution in [2.24, 2.45) is 0 Å². The fourth-order valence-corrected chi connectivity index (χ4v) is 2.98. The van der Waals surface area contributed by atoms with Gasteiger partial charge in [0, 0.05) is 42.5 Å². The Bertz CT molecular complexity index is 810. The molecule has 6 nitrogen and oxygen atoms in total. The van der Waals surface area contributed by atoms with E-state index in [1.54, 1.807) is 12.4 Å². The highest BCUT2D eigenvalue weighted by Crippen LogP contribution is 2.31. The summed E-state index contributed by atoms with van der Waals surface area (Å²) in [6.45, 7) is 1.94. The van der Waals surface area contributed by atoms with Crippen LogP contribution < -0.4 is 5.32 Å². The van der Waals surface area contributed by atoms with Gasteiger partial charge in [0.25, 0.3) is 0 Å². The van der Waals surface area contributed by atoms with Gasteiger partial charge in [-0.25, -0.2) is 9.97 Å². The molecule has 7 heteroatoms. The number of pyridine rings is 1. The van der Waals surface area contributed by atoms with Crippen LogP contribution in [0.15, 0.2) is 43.0 Å². The number of aromatic nitrogens is 5. The molecule has 1 fully saturated rings. The highest BCUT2D eigenvalue weighted by Gasteiger charge is 2.21. The fraction of sp³-hybridized carbons (Fsp3) is 0.250. The molecule has 1 aliphatic rings. The molecule has 0 bridgehead atoms. The summed E-state index contributed by atoms with van der Waals surface area (Å²) >= 11 is 5.96. The first kappa shape index (κ1) is 14.3. The number of hydrogen-bond donors (Lipinski definition) is 1. The van der Waals surface area contributed by atoms with Crippen LogP contribution in [-0.2, 0) is 0 Å². The zero-order chi connectivity index (χ0) is 15.6. The molecule has 4 rings (SSSR count).